The summed E-state index contributed by atoms with van der Waals surface area (Å²) in [5.41, 5.74) is 4.50. The molecule has 0 saturated heterocycles. The lowest BCUT2D eigenvalue weighted by Crippen LogP contribution is -2.49. The Labute approximate surface area is 223 Å². The number of benzene rings is 2. The molecule has 1 N–H and O–H groups in total. The zero-order chi connectivity index (χ0) is 27.6. The van der Waals surface area contributed by atoms with Crippen molar-refractivity contribution in [3.8, 4) is 0 Å². The highest BCUT2D eigenvalue weighted by atomic mass is 32.2. The summed E-state index contributed by atoms with van der Waals surface area (Å²) in [7, 11) is -3.53. The van der Waals surface area contributed by atoms with Gasteiger partial charge in [-0.25, -0.2) is 8.42 Å². The molecule has 2 aromatic carbocycles. The fourth-order valence-corrected chi connectivity index (χ4v) is 5.38. The van der Waals surface area contributed by atoms with Crippen LogP contribution in [-0.2, 0) is 26.2 Å². The molecular formula is C29H43N3O4S. The van der Waals surface area contributed by atoms with Gasteiger partial charge in [0.05, 0.1) is 11.9 Å². The van der Waals surface area contributed by atoms with Crippen molar-refractivity contribution in [1.29, 1.82) is 0 Å². The summed E-state index contributed by atoms with van der Waals surface area (Å²) in [4.78, 5) is 28.3. The summed E-state index contributed by atoms with van der Waals surface area (Å²) in [6.07, 6.45) is 4.02. The molecule has 0 aliphatic rings. The molecule has 37 heavy (non-hydrogen) atoms. The van der Waals surface area contributed by atoms with E-state index in [4.69, 9.17) is 0 Å². The molecule has 0 saturated carbocycles. The number of nitrogens with zero attached hydrogens (tertiary/aromatic N) is 2. The second-order valence-corrected chi connectivity index (χ2v) is 11.7. The Morgan fingerprint density at radius 3 is 2.30 bits per heavy atom. The van der Waals surface area contributed by atoms with E-state index in [-0.39, 0.29) is 24.8 Å². The Morgan fingerprint density at radius 1 is 0.973 bits per heavy atom. The largest absolute Gasteiger partial charge is 0.354 e. The molecule has 0 unspecified atom stereocenters. The number of hydrogen-bond donors (Lipinski definition) is 1. The number of aryl methyl sites for hydroxylation is 3. The van der Waals surface area contributed by atoms with E-state index >= 15 is 0 Å². The van der Waals surface area contributed by atoms with Crippen LogP contribution >= 0.6 is 0 Å². The average molecular weight is 530 g/mol. The Bertz CT molecular complexity index is 1160. The van der Waals surface area contributed by atoms with E-state index in [2.05, 4.69) is 12.2 Å². The number of carbonyl (C=O) groups excluding carboxylic acids is 2. The van der Waals surface area contributed by atoms with E-state index < -0.39 is 16.1 Å². The lowest BCUT2D eigenvalue weighted by Gasteiger charge is -2.31. The molecule has 204 valence electrons. The quantitative estimate of drug-likeness (QED) is 0.353. The first-order valence-electron chi connectivity index (χ1n) is 13.2. The van der Waals surface area contributed by atoms with Crippen LogP contribution in [0.15, 0.2) is 42.5 Å². The zero-order valence-electron chi connectivity index (χ0n) is 23.2. The number of anilines is 1. The van der Waals surface area contributed by atoms with Crippen molar-refractivity contribution in [3.63, 3.8) is 0 Å². The maximum absolute atomic E-state index is 13.6. The predicted molar refractivity (Wildman–Crippen MR) is 151 cm³/mol. The zero-order valence-corrected chi connectivity index (χ0v) is 24.0. The standard InChI is InChI=1S/C29H43N3O4S/c1-7-9-18-30-29(34)26(8-2)31(21-25-14-11-10-13-23(25)4)28(33)15-12-19-32(37(6,35)36)27-20-22(3)16-17-24(27)5/h10-11,13-14,16-17,20,26H,7-9,12,15,18-19,21H2,1-6H3,(H,30,34)/t26-/m0/s1. The molecule has 0 fully saturated rings. The lowest BCUT2D eigenvalue weighted by molar-refractivity contribution is -0.141. The molecule has 0 aliphatic carbocycles. The molecule has 2 amide bonds. The predicted octanol–water partition coefficient (Wildman–Crippen LogP) is 4.88. The third-order valence-corrected chi connectivity index (χ3v) is 7.78. The first kappa shape index (κ1) is 30.4. The molecule has 7 nitrogen and oxygen atoms in total. The number of unbranched alkanes of at least 4 members (excludes halogenated alkanes) is 1. The summed E-state index contributed by atoms with van der Waals surface area (Å²) < 4.78 is 26.6. The third-order valence-electron chi connectivity index (χ3n) is 6.60. The Kier molecular flexibility index (Phi) is 11.6. The van der Waals surface area contributed by atoms with Gasteiger partial charge in [0, 0.05) is 26.1 Å². The smallest absolute Gasteiger partial charge is 0.242 e. The van der Waals surface area contributed by atoms with E-state index in [9.17, 15) is 18.0 Å². The molecule has 0 bridgehead atoms. The van der Waals surface area contributed by atoms with Crippen molar-refractivity contribution in [1.82, 2.24) is 10.2 Å². The Balaban J connectivity index is 2.24. The van der Waals surface area contributed by atoms with E-state index in [1.54, 1.807) is 4.90 Å². The van der Waals surface area contributed by atoms with Gasteiger partial charge in [-0.2, -0.15) is 0 Å². The second-order valence-electron chi connectivity index (χ2n) is 9.75. The van der Waals surface area contributed by atoms with Gasteiger partial charge in [0.15, 0.2) is 0 Å². The number of amides is 2. The van der Waals surface area contributed by atoms with Crippen LogP contribution in [0.3, 0.4) is 0 Å². The van der Waals surface area contributed by atoms with Crippen LogP contribution in [0, 0.1) is 20.8 Å². The molecule has 0 heterocycles. The fraction of sp³-hybridized carbons (Fsp3) is 0.517. The van der Waals surface area contributed by atoms with Crippen LogP contribution in [0.25, 0.3) is 0 Å². The summed E-state index contributed by atoms with van der Waals surface area (Å²) in [5, 5.41) is 2.98. The van der Waals surface area contributed by atoms with Gasteiger partial charge >= 0.3 is 0 Å². The second kappa shape index (κ2) is 14.2. The summed E-state index contributed by atoms with van der Waals surface area (Å²) >= 11 is 0. The Hall–Kier alpha value is -2.87. The fourth-order valence-electron chi connectivity index (χ4n) is 4.37. The monoisotopic (exact) mass is 529 g/mol. The first-order valence-corrected chi connectivity index (χ1v) is 15.0. The third kappa shape index (κ3) is 8.88. The van der Waals surface area contributed by atoms with Gasteiger partial charge < -0.3 is 10.2 Å². The van der Waals surface area contributed by atoms with Crippen LogP contribution in [0.2, 0.25) is 0 Å². The maximum Gasteiger partial charge on any atom is 0.242 e. The summed E-state index contributed by atoms with van der Waals surface area (Å²) in [6.45, 7) is 10.9. The first-order chi connectivity index (χ1) is 17.5. The highest BCUT2D eigenvalue weighted by Crippen LogP contribution is 2.25. The number of sulfonamides is 1. The van der Waals surface area contributed by atoms with Crippen molar-refractivity contribution >= 4 is 27.5 Å². The van der Waals surface area contributed by atoms with Gasteiger partial charge in [0.25, 0.3) is 0 Å². The van der Waals surface area contributed by atoms with Crippen molar-refractivity contribution in [3.05, 3.63) is 64.7 Å². The molecule has 8 heteroatoms. The van der Waals surface area contributed by atoms with Gasteiger partial charge in [0.2, 0.25) is 21.8 Å². The van der Waals surface area contributed by atoms with Gasteiger partial charge in [0.1, 0.15) is 6.04 Å². The minimum absolute atomic E-state index is 0.140. The van der Waals surface area contributed by atoms with Gasteiger partial charge in [-0.15, -0.1) is 0 Å². The number of hydrogen-bond acceptors (Lipinski definition) is 4. The van der Waals surface area contributed by atoms with Crippen LogP contribution in [-0.4, -0.2) is 50.5 Å². The molecule has 2 aromatic rings. The van der Waals surface area contributed by atoms with E-state index in [1.807, 2.05) is 70.2 Å². The summed E-state index contributed by atoms with van der Waals surface area (Å²) in [5.74, 6) is -0.304. The minimum atomic E-state index is -3.53. The van der Waals surface area contributed by atoms with E-state index in [0.29, 0.717) is 31.6 Å². The van der Waals surface area contributed by atoms with Crippen LogP contribution in [0.1, 0.15) is 68.2 Å². The molecule has 0 radical (unpaired) electrons. The highest BCUT2D eigenvalue weighted by Gasteiger charge is 2.29. The summed E-state index contributed by atoms with van der Waals surface area (Å²) in [6, 6.07) is 13.0. The molecule has 0 aliphatic heterocycles. The van der Waals surface area contributed by atoms with E-state index in [1.165, 1.54) is 10.6 Å². The normalized spacial score (nSPS) is 12.2. The minimum Gasteiger partial charge on any atom is -0.354 e. The van der Waals surface area contributed by atoms with Crippen molar-refractivity contribution in [2.24, 2.45) is 0 Å². The van der Waals surface area contributed by atoms with Gasteiger partial charge in [-0.3, -0.25) is 13.9 Å². The van der Waals surface area contributed by atoms with E-state index in [0.717, 1.165) is 35.1 Å². The maximum atomic E-state index is 13.6. The SMILES string of the molecule is CCCCNC(=O)[C@H](CC)N(Cc1ccccc1C)C(=O)CCCN(c1cc(C)ccc1C)S(C)(=O)=O. The van der Waals surface area contributed by atoms with Crippen LogP contribution in [0.4, 0.5) is 5.69 Å². The molecule has 1 atom stereocenters. The van der Waals surface area contributed by atoms with Crippen molar-refractivity contribution < 1.29 is 18.0 Å². The van der Waals surface area contributed by atoms with Crippen molar-refractivity contribution in [2.75, 3.05) is 23.7 Å². The van der Waals surface area contributed by atoms with Gasteiger partial charge in [-0.05, 0) is 68.4 Å². The molecule has 0 aromatic heterocycles. The number of rotatable bonds is 14. The van der Waals surface area contributed by atoms with Crippen LogP contribution in [0.5, 0.6) is 0 Å². The van der Waals surface area contributed by atoms with Crippen LogP contribution < -0.4 is 9.62 Å². The van der Waals surface area contributed by atoms with Gasteiger partial charge in [-0.1, -0.05) is 56.7 Å². The Morgan fingerprint density at radius 2 is 1.68 bits per heavy atom. The average Bonchev–Trinajstić information content (AvgIpc) is 2.84. The number of carbonyl (C=O) groups is 2. The highest BCUT2D eigenvalue weighted by molar-refractivity contribution is 7.92. The topological polar surface area (TPSA) is 86.8 Å². The number of nitrogens with one attached hydrogen (secondary N) is 1. The molecular weight excluding hydrogens is 486 g/mol. The molecule has 2 rings (SSSR count). The molecule has 0 spiro atoms. The lowest BCUT2D eigenvalue weighted by atomic mass is 10.0. The van der Waals surface area contributed by atoms with Crippen molar-refractivity contribution in [2.45, 2.75) is 79.3 Å².